The molecule has 3 amide bonds. The number of amides is 3. The molecule has 0 saturated heterocycles. The second-order valence-electron chi connectivity index (χ2n) is 10.0. The van der Waals surface area contributed by atoms with E-state index in [4.69, 9.17) is 46.4 Å². The highest BCUT2D eigenvalue weighted by Crippen LogP contribution is 2.38. The summed E-state index contributed by atoms with van der Waals surface area (Å²) in [5.74, 6) is -1.40. The van der Waals surface area contributed by atoms with Gasteiger partial charge in [0.1, 0.15) is 10.9 Å². The fourth-order valence-corrected chi connectivity index (χ4v) is 6.45. The molecule has 0 saturated carbocycles. The molecule has 11 heteroatoms. The van der Waals surface area contributed by atoms with Crippen LogP contribution in [0, 0.1) is 0 Å². The Morgan fingerprint density at radius 3 is 2.00 bits per heavy atom. The molecule has 0 aliphatic carbocycles. The fraction of sp³-hybridized carbons (Fsp3) is 0.0278. The monoisotopic (exact) mass is 719 g/mol. The van der Waals surface area contributed by atoms with Gasteiger partial charge in [0.25, 0.3) is 11.8 Å². The molecule has 1 atom stereocenters. The van der Waals surface area contributed by atoms with E-state index in [1.807, 2.05) is 36.4 Å². The van der Waals surface area contributed by atoms with Gasteiger partial charge in [0.15, 0.2) is 0 Å². The average molecular weight is 721 g/mol. The number of carbonyl (C=O) groups excluding carboxylic acids is 3. The van der Waals surface area contributed by atoms with Crippen LogP contribution >= 0.6 is 58.2 Å². The molecule has 0 spiro atoms. The third-order valence-electron chi connectivity index (χ3n) is 6.69. The number of hydrogen-bond donors (Lipinski definition) is 3. The molecular weight excluding hydrogens is 696 g/mol. The van der Waals surface area contributed by atoms with Gasteiger partial charge >= 0.3 is 0 Å². The largest absolute Gasteiger partial charge is 0.323 e. The third-order valence-corrected chi connectivity index (χ3v) is 9.15. The zero-order valence-electron chi connectivity index (χ0n) is 24.3. The molecule has 0 radical (unpaired) electrons. The Morgan fingerprint density at radius 2 is 1.32 bits per heavy atom. The average Bonchev–Trinajstić information content (AvgIpc) is 3.07. The first-order chi connectivity index (χ1) is 22.7. The van der Waals surface area contributed by atoms with Crippen LogP contribution in [-0.2, 0) is 9.59 Å². The lowest BCUT2D eigenvalue weighted by Gasteiger charge is -2.18. The normalized spacial score (nSPS) is 11.8. The first-order valence-electron chi connectivity index (χ1n) is 14.1. The first-order valence-corrected chi connectivity index (χ1v) is 16.5. The highest BCUT2D eigenvalue weighted by atomic mass is 35.5. The molecule has 0 heterocycles. The third kappa shape index (κ3) is 9.19. The maximum atomic E-state index is 13.7. The first kappa shape index (κ1) is 34.1. The molecule has 3 N–H and O–H groups in total. The highest BCUT2D eigenvalue weighted by molar-refractivity contribution is 8.00. The summed E-state index contributed by atoms with van der Waals surface area (Å²) >= 11 is 26.4. The summed E-state index contributed by atoms with van der Waals surface area (Å²) in [4.78, 5) is 41.0. The summed E-state index contributed by atoms with van der Waals surface area (Å²) in [7, 11) is 0. The molecule has 5 rings (SSSR count). The number of carbonyl (C=O) groups is 3. The van der Waals surface area contributed by atoms with Gasteiger partial charge in [-0.2, -0.15) is 0 Å². The molecule has 0 aromatic heterocycles. The minimum atomic E-state index is -0.670. The topological polar surface area (TPSA) is 87.3 Å². The van der Waals surface area contributed by atoms with Gasteiger partial charge in [0.05, 0.1) is 10.7 Å². The minimum Gasteiger partial charge on any atom is -0.323 e. The maximum Gasteiger partial charge on any atom is 0.272 e. The summed E-state index contributed by atoms with van der Waals surface area (Å²) < 4.78 is 0. The van der Waals surface area contributed by atoms with Crippen molar-refractivity contribution in [3.63, 3.8) is 0 Å². The van der Waals surface area contributed by atoms with E-state index >= 15 is 0 Å². The van der Waals surface area contributed by atoms with Crippen molar-refractivity contribution in [1.29, 1.82) is 0 Å². The van der Waals surface area contributed by atoms with Crippen LogP contribution in [0.25, 0.3) is 6.08 Å². The number of thioether (sulfide) groups is 1. The highest BCUT2D eigenvalue weighted by Gasteiger charge is 2.24. The molecule has 0 bridgehead atoms. The molecule has 5 aromatic carbocycles. The molecule has 0 aliphatic heterocycles. The van der Waals surface area contributed by atoms with E-state index in [0.29, 0.717) is 47.5 Å². The Kier molecular flexibility index (Phi) is 11.6. The van der Waals surface area contributed by atoms with Gasteiger partial charge < -0.3 is 16.0 Å². The lowest BCUT2D eigenvalue weighted by Crippen LogP contribution is -2.30. The second-order valence-corrected chi connectivity index (χ2v) is 12.9. The Balaban J connectivity index is 1.40. The molecule has 5 aromatic rings. The van der Waals surface area contributed by atoms with E-state index in [1.165, 1.54) is 17.8 Å². The number of halogens is 4. The van der Waals surface area contributed by atoms with E-state index in [2.05, 4.69) is 16.0 Å². The van der Waals surface area contributed by atoms with E-state index < -0.39 is 17.1 Å². The van der Waals surface area contributed by atoms with Crippen molar-refractivity contribution in [3.05, 3.63) is 164 Å². The lowest BCUT2D eigenvalue weighted by atomic mass is 10.1. The zero-order chi connectivity index (χ0) is 33.3. The second kappa shape index (κ2) is 16.0. The lowest BCUT2D eigenvalue weighted by molar-refractivity contribution is -0.116. The fourth-order valence-electron chi connectivity index (χ4n) is 4.41. The van der Waals surface area contributed by atoms with E-state index in [0.717, 1.165) is 5.56 Å². The van der Waals surface area contributed by atoms with Crippen LogP contribution in [-0.4, -0.2) is 17.7 Å². The Hall–Kier alpha value is -4.24. The summed E-state index contributed by atoms with van der Waals surface area (Å²) in [5.41, 5.74) is 2.28. The van der Waals surface area contributed by atoms with Gasteiger partial charge in [-0.05, 0) is 72.3 Å². The van der Waals surface area contributed by atoms with Crippen LogP contribution in [0.15, 0.2) is 132 Å². The van der Waals surface area contributed by atoms with Crippen molar-refractivity contribution < 1.29 is 14.4 Å². The maximum absolute atomic E-state index is 13.7. The van der Waals surface area contributed by atoms with Crippen LogP contribution in [0.2, 0.25) is 20.1 Å². The van der Waals surface area contributed by atoms with Crippen molar-refractivity contribution in [3.8, 4) is 0 Å². The van der Waals surface area contributed by atoms with E-state index in [-0.39, 0.29) is 11.6 Å². The summed E-state index contributed by atoms with van der Waals surface area (Å²) in [6.07, 6.45) is 1.43. The minimum absolute atomic E-state index is 0.0757. The van der Waals surface area contributed by atoms with Gasteiger partial charge in [-0.15, -0.1) is 11.8 Å². The zero-order valence-corrected chi connectivity index (χ0v) is 28.2. The quantitative estimate of drug-likeness (QED) is 0.0990. The predicted molar refractivity (Wildman–Crippen MR) is 194 cm³/mol. The Bertz CT molecular complexity index is 1940. The Labute approximate surface area is 296 Å². The van der Waals surface area contributed by atoms with Gasteiger partial charge in [0, 0.05) is 36.8 Å². The summed E-state index contributed by atoms with van der Waals surface area (Å²) in [6, 6.07) is 34.6. The number of rotatable bonds is 10. The van der Waals surface area contributed by atoms with Crippen LogP contribution in [0.5, 0.6) is 0 Å². The molecule has 0 aliphatic rings. The number of anilines is 2. The van der Waals surface area contributed by atoms with Crippen LogP contribution < -0.4 is 16.0 Å². The van der Waals surface area contributed by atoms with Gasteiger partial charge in [-0.1, -0.05) is 107 Å². The summed E-state index contributed by atoms with van der Waals surface area (Å²) in [6.45, 7) is 0. The van der Waals surface area contributed by atoms with E-state index in [9.17, 15) is 14.4 Å². The molecule has 0 fully saturated rings. The van der Waals surface area contributed by atoms with Crippen molar-refractivity contribution >= 4 is 93.3 Å². The van der Waals surface area contributed by atoms with Crippen LogP contribution in [0.3, 0.4) is 0 Å². The van der Waals surface area contributed by atoms with Gasteiger partial charge in [0.2, 0.25) is 5.91 Å². The molecule has 1 unspecified atom stereocenters. The predicted octanol–water partition coefficient (Wildman–Crippen LogP) is 10.2. The van der Waals surface area contributed by atoms with Gasteiger partial charge in [-0.25, -0.2) is 0 Å². The molecular formula is C36H25Cl4N3O3S. The summed E-state index contributed by atoms with van der Waals surface area (Å²) in [5, 5.41) is 9.13. The number of hydrogen-bond acceptors (Lipinski definition) is 4. The molecule has 236 valence electrons. The number of nitrogens with one attached hydrogen (secondary N) is 3. The molecule has 47 heavy (non-hydrogen) atoms. The van der Waals surface area contributed by atoms with Crippen LogP contribution in [0.1, 0.15) is 26.7 Å². The van der Waals surface area contributed by atoms with Crippen molar-refractivity contribution in [1.82, 2.24) is 5.32 Å². The van der Waals surface area contributed by atoms with Crippen molar-refractivity contribution in [2.75, 3.05) is 10.6 Å². The smallest absolute Gasteiger partial charge is 0.272 e. The van der Waals surface area contributed by atoms with Crippen LogP contribution in [0.4, 0.5) is 11.4 Å². The standard InChI is InChI=1S/C36H25Cl4N3O3S/c37-24-17-18-31(30(40)19-24)42-36(46)33(22-9-3-1-4-10-22)47-26-14-7-13-25(20-26)41-35(45)32(21-27-28(38)15-8-16-29(27)39)43-34(44)23-11-5-2-6-12-23/h1-21,33H,(H,41,45)(H,42,46)(H,43,44)/b32-21+. The van der Waals surface area contributed by atoms with Crippen molar-refractivity contribution in [2.45, 2.75) is 10.1 Å². The Morgan fingerprint density at radius 1 is 0.660 bits per heavy atom. The SMILES string of the molecule is O=C(Nc1cccc(SC(C(=O)Nc2ccc(Cl)cc2Cl)c2ccccc2)c1)/C(=C\c1c(Cl)cccc1Cl)NC(=O)c1ccccc1. The van der Waals surface area contributed by atoms with Gasteiger partial charge in [-0.3, -0.25) is 14.4 Å². The van der Waals surface area contributed by atoms with Crippen molar-refractivity contribution in [2.24, 2.45) is 0 Å². The number of benzene rings is 5. The molecule has 6 nitrogen and oxygen atoms in total. The van der Waals surface area contributed by atoms with E-state index in [1.54, 1.807) is 84.9 Å².